The Labute approximate surface area is 114 Å². The fourth-order valence-electron chi connectivity index (χ4n) is 4.20. The first-order valence-electron chi connectivity index (χ1n) is 8.07. The van der Waals surface area contributed by atoms with Gasteiger partial charge in [0.1, 0.15) is 0 Å². The molecule has 2 rings (SSSR count). The number of hydrogen-bond acceptors (Lipinski definition) is 1. The molecule has 106 valence electrons. The van der Waals surface area contributed by atoms with Crippen molar-refractivity contribution in [3.05, 3.63) is 0 Å². The molecule has 0 saturated heterocycles. The van der Waals surface area contributed by atoms with Crippen molar-refractivity contribution < 1.29 is 0 Å². The summed E-state index contributed by atoms with van der Waals surface area (Å²) < 4.78 is 0. The zero-order valence-corrected chi connectivity index (χ0v) is 13.2. The van der Waals surface area contributed by atoms with Gasteiger partial charge in [-0.25, -0.2) is 0 Å². The highest BCUT2D eigenvalue weighted by Gasteiger charge is 2.59. The van der Waals surface area contributed by atoms with Crippen LogP contribution in [-0.4, -0.2) is 12.1 Å². The summed E-state index contributed by atoms with van der Waals surface area (Å²) in [5.74, 6) is 2.93. The lowest BCUT2D eigenvalue weighted by molar-refractivity contribution is 0.346. The Hall–Kier alpha value is -0.0400. The van der Waals surface area contributed by atoms with Crippen LogP contribution in [0.3, 0.4) is 0 Å². The van der Waals surface area contributed by atoms with Gasteiger partial charge in [0.25, 0.3) is 0 Å². The summed E-state index contributed by atoms with van der Waals surface area (Å²) >= 11 is 0. The summed E-state index contributed by atoms with van der Waals surface area (Å²) in [6.07, 6.45) is 8.93. The van der Waals surface area contributed by atoms with Crippen LogP contribution in [0.5, 0.6) is 0 Å². The summed E-state index contributed by atoms with van der Waals surface area (Å²) in [5.41, 5.74) is 0.861. The number of nitrogens with one attached hydrogen (secondary N) is 1. The second-order valence-electron chi connectivity index (χ2n) is 8.34. The molecule has 1 nitrogen and oxygen atoms in total. The van der Waals surface area contributed by atoms with E-state index in [-0.39, 0.29) is 5.54 Å². The number of hydrogen-bond donors (Lipinski definition) is 1. The van der Waals surface area contributed by atoms with Gasteiger partial charge < -0.3 is 5.32 Å². The molecule has 2 unspecified atom stereocenters. The van der Waals surface area contributed by atoms with Crippen molar-refractivity contribution in [1.82, 2.24) is 5.32 Å². The molecule has 0 aromatic heterocycles. The molecule has 0 amide bonds. The fourth-order valence-corrected chi connectivity index (χ4v) is 4.20. The molecular formula is C17H33N. The van der Waals surface area contributed by atoms with Gasteiger partial charge in [-0.05, 0) is 50.5 Å². The molecule has 1 N–H and O–H groups in total. The SMILES string of the molecule is CC(C)(C)NCC1C(C2CCCCCC2)C1(C)C. The van der Waals surface area contributed by atoms with Crippen LogP contribution in [0.1, 0.15) is 73.1 Å². The number of rotatable bonds is 3. The molecule has 0 spiro atoms. The van der Waals surface area contributed by atoms with Crippen LogP contribution in [0.15, 0.2) is 0 Å². The third-order valence-corrected chi connectivity index (χ3v) is 5.40. The second-order valence-corrected chi connectivity index (χ2v) is 8.34. The van der Waals surface area contributed by atoms with Crippen LogP contribution >= 0.6 is 0 Å². The van der Waals surface area contributed by atoms with Crippen molar-refractivity contribution in [3.8, 4) is 0 Å². The van der Waals surface area contributed by atoms with E-state index in [1.165, 1.54) is 45.1 Å². The summed E-state index contributed by atoms with van der Waals surface area (Å²) in [7, 11) is 0. The first-order valence-corrected chi connectivity index (χ1v) is 8.07. The van der Waals surface area contributed by atoms with E-state index in [9.17, 15) is 0 Å². The third kappa shape index (κ3) is 3.29. The molecule has 0 bridgehead atoms. The monoisotopic (exact) mass is 251 g/mol. The fraction of sp³-hybridized carbons (Fsp3) is 1.00. The maximum Gasteiger partial charge on any atom is 0.00966 e. The Morgan fingerprint density at radius 2 is 1.56 bits per heavy atom. The van der Waals surface area contributed by atoms with E-state index in [0.717, 1.165) is 17.8 Å². The average molecular weight is 251 g/mol. The lowest BCUT2D eigenvalue weighted by Gasteiger charge is -2.21. The topological polar surface area (TPSA) is 12.0 Å². The minimum atomic E-state index is 0.271. The standard InChI is InChI=1S/C17H33N/c1-16(2,3)18-12-14-15(17(14,4)5)13-10-8-6-7-9-11-13/h13-15,18H,6-12H2,1-5H3. The average Bonchev–Trinajstić information content (AvgIpc) is 2.87. The van der Waals surface area contributed by atoms with Crippen molar-refractivity contribution in [2.75, 3.05) is 6.54 Å². The highest BCUT2D eigenvalue weighted by Crippen LogP contribution is 2.63. The molecule has 0 radical (unpaired) electrons. The predicted molar refractivity (Wildman–Crippen MR) is 79.7 cm³/mol. The molecule has 0 aromatic rings. The van der Waals surface area contributed by atoms with E-state index in [4.69, 9.17) is 0 Å². The Morgan fingerprint density at radius 1 is 1.00 bits per heavy atom. The Bertz CT molecular complexity index is 266. The van der Waals surface area contributed by atoms with E-state index < -0.39 is 0 Å². The van der Waals surface area contributed by atoms with Crippen molar-refractivity contribution in [1.29, 1.82) is 0 Å². The van der Waals surface area contributed by atoms with Crippen molar-refractivity contribution >= 4 is 0 Å². The lowest BCUT2D eigenvalue weighted by Crippen LogP contribution is -2.37. The maximum atomic E-state index is 3.72. The van der Waals surface area contributed by atoms with Crippen molar-refractivity contribution in [2.24, 2.45) is 23.2 Å². The molecule has 0 aliphatic heterocycles. The van der Waals surface area contributed by atoms with E-state index in [1.54, 1.807) is 0 Å². The maximum absolute atomic E-state index is 3.72. The lowest BCUT2D eigenvalue weighted by atomic mass is 9.90. The Balaban J connectivity index is 1.89. The molecular weight excluding hydrogens is 218 g/mol. The Kier molecular flexibility index (Phi) is 4.11. The van der Waals surface area contributed by atoms with Gasteiger partial charge in [-0.15, -0.1) is 0 Å². The highest BCUT2D eigenvalue weighted by molar-refractivity contribution is 5.08. The quantitative estimate of drug-likeness (QED) is 0.722. The van der Waals surface area contributed by atoms with Gasteiger partial charge in [-0.1, -0.05) is 52.4 Å². The van der Waals surface area contributed by atoms with Crippen LogP contribution in [0.4, 0.5) is 0 Å². The third-order valence-electron chi connectivity index (χ3n) is 5.40. The molecule has 18 heavy (non-hydrogen) atoms. The van der Waals surface area contributed by atoms with E-state index in [0.29, 0.717) is 5.41 Å². The highest BCUT2D eigenvalue weighted by atomic mass is 15.0. The summed E-state index contributed by atoms with van der Waals surface area (Å²) in [4.78, 5) is 0. The summed E-state index contributed by atoms with van der Waals surface area (Å²) in [6.45, 7) is 13.1. The minimum absolute atomic E-state index is 0.271. The van der Waals surface area contributed by atoms with E-state index >= 15 is 0 Å². The summed E-state index contributed by atoms with van der Waals surface area (Å²) in [5, 5.41) is 3.72. The van der Waals surface area contributed by atoms with Gasteiger partial charge in [-0.2, -0.15) is 0 Å². The van der Waals surface area contributed by atoms with Crippen LogP contribution < -0.4 is 5.32 Å². The first-order chi connectivity index (χ1) is 8.32. The van der Waals surface area contributed by atoms with Gasteiger partial charge in [0.2, 0.25) is 0 Å². The Morgan fingerprint density at radius 3 is 2.06 bits per heavy atom. The van der Waals surface area contributed by atoms with E-state index in [2.05, 4.69) is 39.9 Å². The molecule has 2 aliphatic carbocycles. The van der Waals surface area contributed by atoms with Crippen LogP contribution in [0.2, 0.25) is 0 Å². The molecule has 0 aromatic carbocycles. The van der Waals surface area contributed by atoms with Gasteiger partial charge >= 0.3 is 0 Å². The largest absolute Gasteiger partial charge is 0.312 e. The molecule has 1 heteroatoms. The van der Waals surface area contributed by atoms with Crippen molar-refractivity contribution in [3.63, 3.8) is 0 Å². The van der Waals surface area contributed by atoms with Crippen molar-refractivity contribution in [2.45, 2.75) is 78.7 Å². The zero-order chi connectivity index (χ0) is 13.4. The normalized spacial score (nSPS) is 33.2. The van der Waals surface area contributed by atoms with Crippen LogP contribution in [-0.2, 0) is 0 Å². The van der Waals surface area contributed by atoms with E-state index in [1.807, 2.05) is 0 Å². The molecule has 2 aliphatic rings. The van der Waals surface area contributed by atoms with Gasteiger partial charge in [0.15, 0.2) is 0 Å². The van der Waals surface area contributed by atoms with Crippen LogP contribution in [0.25, 0.3) is 0 Å². The van der Waals surface area contributed by atoms with Crippen LogP contribution in [0, 0.1) is 23.2 Å². The summed E-state index contributed by atoms with van der Waals surface area (Å²) in [6, 6.07) is 0. The predicted octanol–water partition coefficient (Wildman–Crippen LogP) is 4.62. The zero-order valence-electron chi connectivity index (χ0n) is 13.2. The molecule has 0 heterocycles. The van der Waals surface area contributed by atoms with Gasteiger partial charge in [-0.3, -0.25) is 0 Å². The molecule has 2 atom stereocenters. The molecule has 2 saturated carbocycles. The molecule has 2 fully saturated rings. The first kappa shape index (κ1) is 14.4. The smallest absolute Gasteiger partial charge is 0.00966 e. The minimum Gasteiger partial charge on any atom is -0.312 e. The van der Waals surface area contributed by atoms with Gasteiger partial charge in [0, 0.05) is 5.54 Å². The second kappa shape index (κ2) is 5.15. The van der Waals surface area contributed by atoms with Gasteiger partial charge in [0.05, 0.1) is 0 Å².